The normalized spacial score (nSPS) is 14.8. The van der Waals surface area contributed by atoms with Crippen molar-refractivity contribution in [1.82, 2.24) is 0 Å². The summed E-state index contributed by atoms with van der Waals surface area (Å²) >= 11 is 0. The Morgan fingerprint density at radius 2 is 1.81 bits per heavy atom. The van der Waals surface area contributed by atoms with E-state index in [4.69, 9.17) is 10.5 Å². The fourth-order valence-corrected chi connectivity index (χ4v) is 3.46. The van der Waals surface area contributed by atoms with Gasteiger partial charge in [-0.25, -0.2) is 0 Å². The number of aromatic hydroxyl groups is 1. The first-order valence-electron chi connectivity index (χ1n) is 8.96. The van der Waals surface area contributed by atoms with Gasteiger partial charge in [-0.15, -0.1) is 0 Å². The van der Waals surface area contributed by atoms with Crippen molar-refractivity contribution >= 4 is 11.9 Å². The molecule has 0 saturated heterocycles. The molecule has 3 rings (SSSR count). The molecular weight excluding hydrogens is 330 g/mol. The Bertz CT molecular complexity index is 809. The SMILES string of the molecule is NC(=O)c1cccc(-c2cc(O)cc(OC(=O)CC3CCCCC3)c2)c1. The van der Waals surface area contributed by atoms with Crippen LogP contribution in [0.5, 0.6) is 11.5 Å². The minimum Gasteiger partial charge on any atom is -0.508 e. The molecule has 0 bridgehead atoms. The summed E-state index contributed by atoms with van der Waals surface area (Å²) in [4.78, 5) is 23.6. The monoisotopic (exact) mass is 353 g/mol. The fourth-order valence-electron chi connectivity index (χ4n) is 3.46. The van der Waals surface area contributed by atoms with E-state index in [1.807, 2.05) is 0 Å². The van der Waals surface area contributed by atoms with E-state index >= 15 is 0 Å². The maximum absolute atomic E-state index is 12.2. The Kier molecular flexibility index (Phi) is 5.56. The molecule has 3 N–H and O–H groups in total. The van der Waals surface area contributed by atoms with Crippen LogP contribution in [0.4, 0.5) is 0 Å². The van der Waals surface area contributed by atoms with Gasteiger partial charge in [-0.05, 0) is 54.2 Å². The third-order valence-electron chi connectivity index (χ3n) is 4.78. The van der Waals surface area contributed by atoms with Crippen LogP contribution in [0.1, 0.15) is 48.9 Å². The van der Waals surface area contributed by atoms with Crippen LogP contribution in [0.15, 0.2) is 42.5 Å². The van der Waals surface area contributed by atoms with E-state index in [2.05, 4.69) is 0 Å². The second-order valence-corrected chi connectivity index (χ2v) is 6.84. The number of carbonyl (C=O) groups excluding carboxylic acids is 2. The molecule has 0 unspecified atom stereocenters. The van der Waals surface area contributed by atoms with Crippen molar-refractivity contribution in [3.63, 3.8) is 0 Å². The molecule has 1 aliphatic carbocycles. The topological polar surface area (TPSA) is 89.6 Å². The lowest BCUT2D eigenvalue weighted by Gasteiger charge is -2.20. The van der Waals surface area contributed by atoms with Crippen LogP contribution in [-0.4, -0.2) is 17.0 Å². The molecule has 5 heteroatoms. The molecule has 0 aliphatic heterocycles. The molecule has 5 nitrogen and oxygen atoms in total. The van der Waals surface area contributed by atoms with Crippen LogP contribution >= 0.6 is 0 Å². The zero-order valence-corrected chi connectivity index (χ0v) is 14.6. The largest absolute Gasteiger partial charge is 0.508 e. The van der Waals surface area contributed by atoms with Gasteiger partial charge in [0.1, 0.15) is 11.5 Å². The maximum atomic E-state index is 12.2. The molecule has 0 heterocycles. The molecule has 1 saturated carbocycles. The third kappa shape index (κ3) is 4.63. The molecule has 0 atom stereocenters. The number of rotatable bonds is 5. The number of amides is 1. The van der Waals surface area contributed by atoms with Gasteiger partial charge in [0.2, 0.25) is 5.91 Å². The number of benzene rings is 2. The van der Waals surface area contributed by atoms with E-state index < -0.39 is 5.91 Å². The summed E-state index contributed by atoms with van der Waals surface area (Å²) < 4.78 is 5.45. The number of carbonyl (C=O) groups is 2. The predicted octanol–water partition coefficient (Wildman–Crippen LogP) is 4.03. The van der Waals surface area contributed by atoms with E-state index in [-0.39, 0.29) is 11.7 Å². The average molecular weight is 353 g/mol. The summed E-state index contributed by atoms with van der Waals surface area (Å²) in [6.07, 6.45) is 6.13. The highest BCUT2D eigenvalue weighted by molar-refractivity contribution is 5.94. The van der Waals surface area contributed by atoms with Gasteiger partial charge in [0.25, 0.3) is 0 Å². The molecule has 1 fully saturated rings. The minimum atomic E-state index is -0.522. The zero-order chi connectivity index (χ0) is 18.5. The second-order valence-electron chi connectivity index (χ2n) is 6.84. The quantitative estimate of drug-likeness (QED) is 0.627. The van der Waals surface area contributed by atoms with Gasteiger partial charge in [0.05, 0.1) is 0 Å². The highest BCUT2D eigenvalue weighted by atomic mass is 16.5. The molecule has 0 radical (unpaired) electrons. The standard InChI is InChI=1S/C21H23NO4/c22-21(25)16-8-4-7-15(10-16)17-11-18(23)13-19(12-17)26-20(24)9-14-5-2-1-3-6-14/h4,7-8,10-14,23H,1-3,5-6,9H2,(H2,22,25). The highest BCUT2D eigenvalue weighted by Crippen LogP contribution is 2.31. The second kappa shape index (κ2) is 8.04. The lowest BCUT2D eigenvalue weighted by Crippen LogP contribution is -2.16. The van der Waals surface area contributed by atoms with E-state index in [1.165, 1.54) is 25.3 Å². The van der Waals surface area contributed by atoms with Crippen LogP contribution in [0, 0.1) is 5.92 Å². The number of ether oxygens (including phenoxy) is 1. The first kappa shape index (κ1) is 18.0. The lowest BCUT2D eigenvalue weighted by molar-refractivity contribution is -0.135. The number of phenols is 1. The fraction of sp³-hybridized carbons (Fsp3) is 0.333. The van der Waals surface area contributed by atoms with Gasteiger partial charge in [-0.2, -0.15) is 0 Å². The van der Waals surface area contributed by atoms with Gasteiger partial charge in [-0.3, -0.25) is 9.59 Å². The molecule has 1 amide bonds. The van der Waals surface area contributed by atoms with Crippen LogP contribution in [-0.2, 0) is 4.79 Å². The first-order chi connectivity index (χ1) is 12.5. The van der Waals surface area contributed by atoms with Gasteiger partial charge in [-0.1, -0.05) is 31.4 Å². The van der Waals surface area contributed by atoms with E-state index in [0.29, 0.717) is 34.8 Å². The van der Waals surface area contributed by atoms with E-state index in [9.17, 15) is 14.7 Å². The van der Waals surface area contributed by atoms with Crippen molar-refractivity contribution < 1.29 is 19.4 Å². The van der Waals surface area contributed by atoms with Gasteiger partial charge in [0, 0.05) is 18.1 Å². The third-order valence-corrected chi connectivity index (χ3v) is 4.78. The molecule has 26 heavy (non-hydrogen) atoms. The van der Waals surface area contributed by atoms with Crippen molar-refractivity contribution in [2.24, 2.45) is 11.7 Å². The molecule has 2 aromatic carbocycles. The Balaban J connectivity index is 1.76. The summed E-state index contributed by atoms with van der Waals surface area (Å²) in [6, 6.07) is 11.4. The Hall–Kier alpha value is -2.82. The Morgan fingerprint density at radius 3 is 2.54 bits per heavy atom. The van der Waals surface area contributed by atoms with Gasteiger partial charge >= 0.3 is 5.97 Å². The Morgan fingerprint density at radius 1 is 1.04 bits per heavy atom. The van der Waals surface area contributed by atoms with Crippen molar-refractivity contribution in [2.45, 2.75) is 38.5 Å². The summed E-state index contributed by atoms with van der Waals surface area (Å²) in [5, 5.41) is 9.99. The first-order valence-corrected chi connectivity index (χ1v) is 8.96. The average Bonchev–Trinajstić information content (AvgIpc) is 2.62. The maximum Gasteiger partial charge on any atom is 0.311 e. The van der Waals surface area contributed by atoms with Crippen LogP contribution in [0.25, 0.3) is 11.1 Å². The number of nitrogens with two attached hydrogens (primary N) is 1. The van der Waals surface area contributed by atoms with Crippen molar-refractivity contribution in [1.29, 1.82) is 0 Å². The van der Waals surface area contributed by atoms with E-state index in [0.717, 1.165) is 12.8 Å². The van der Waals surface area contributed by atoms with Crippen LogP contribution in [0.2, 0.25) is 0 Å². The number of primary amides is 1. The number of esters is 1. The lowest BCUT2D eigenvalue weighted by atomic mass is 9.87. The molecule has 0 spiro atoms. The number of phenolic OH excluding ortho intramolecular Hbond substituents is 1. The zero-order valence-electron chi connectivity index (χ0n) is 14.6. The molecule has 136 valence electrons. The van der Waals surface area contributed by atoms with Gasteiger partial charge in [0.15, 0.2) is 0 Å². The molecule has 1 aliphatic rings. The summed E-state index contributed by atoms with van der Waals surface area (Å²) in [5.41, 5.74) is 7.05. The van der Waals surface area contributed by atoms with Crippen molar-refractivity contribution in [3.05, 3.63) is 48.0 Å². The smallest absolute Gasteiger partial charge is 0.311 e. The van der Waals surface area contributed by atoms with Crippen molar-refractivity contribution in [3.8, 4) is 22.6 Å². The van der Waals surface area contributed by atoms with E-state index in [1.54, 1.807) is 36.4 Å². The summed E-state index contributed by atoms with van der Waals surface area (Å²) in [7, 11) is 0. The molecule has 2 aromatic rings. The predicted molar refractivity (Wildman–Crippen MR) is 98.9 cm³/mol. The molecule has 0 aromatic heterocycles. The number of hydrogen-bond donors (Lipinski definition) is 2. The van der Waals surface area contributed by atoms with Crippen LogP contribution < -0.4 is 10.5 Å². The van der Waals surface area contributed by atoms with Gasteiger partial charge < -0.3 is 15.6 Å². The minimum absolute atomic E-state index is 0.00700. The van der Waals surface area contributed by atoms with Crippen molar-refractivity contribution in [2.75, 3.05) is 0 Å². The summed E-state index contributed by atoms with van der Waals surface area (Å²) in [6.45, 7) is 0. The Labute approximate surface area is 152 Å². The number of hydrogen-bond acceptors (Lipinski definition) is 4. The van der Waals surface area contributed by atoms with Crippen LogP contribution in [0.3, 0.4) is 0 Å². The molecular formula is C21H23NO4. The summed E-state index contributed by atoms with van der Waals surface area (Å²) in [5.74, 6) is -0.122. The highest BCUT2D eigenvalue weighted by Gasteiger charge is 2.18.